The molecular formula is C13H18Cl2N2O. The summed E-state index contributed by atoms with van der Waals surface area (Å²) in [5, 5.41) is 0.724. The third kappa shape index (κ3) is 2.97. The molecule has 100 valence electrons. The van der Waals surface area contributed by atoms with Crippen molar-refractivity contribution >= 4 is 29.9 Å². The van der Waals surface area contributed by atoms with Crippen LogP contribution in [-0.2, 0) is 4.79 Å². The maximum atomic E-state index is 12.0. The van der Waals surface area contributed by atoms with Gasteiger partial charge in [0.1, 0.15) is 0 Å². The molecule has 0 saturated carbocycles. The van der Waals surface area contributed by atoms with E-state index in [1.807, 2.05) is 29.2 Å². The van der Waals surface area contributed by atoms with E-state index in [-0.39, 0.29) is 24.4 Å². The molecule has 2 unspecified atom stereocenters. The summed E-state index contributed by atoms with van der Waals surface area (Å²) in [7, 11) is 0. The van der Waals surface area contributed by atoms with Crippen LogP contribution in [0.25, 0.3) is 0 Å². The van der Waals surface area contributed by atoms with Crippen LogP contribution in [0.5, 0.6) is 0 Å². The Hall–Kier alpha value is -0.770. The molecule has 0 spiro atoms. The first-order valence-electron chi connectivity index (χ1n) is 5.91. The van der Waals surface area contributed by atoms with Crippen LogP contribution in [-0.4, -0.2) is 23.4 Å². The second kappa shape index (κ2) is 6.41. The molecule has 0 aromatic heterocycles. The van der Waals surface area contributed by atoms with E-state index < -0.39 is 6.04 Å². The maximum Gasteiger partial charge on any atom is 0.239 e. The number of amides is 1. The largest absolute Gasteiger partial charge is 0.334 e. The van der Waals surface area contributed by atoms with Gasteiger partial charge in [-0.2, -0.15) is 0 Å². The van der Waals surface area contributed by atoms with E-state index >= 15 is 0 Å². The van der Waals surface area contributed by atoms with Crippen LogP contribution < -0.4 is 5.73 Å². The molecule has 2 atom stereocenters. The highest BCUT2D eigenvalue weighted by molar-refractivity contribution is 6.31. The monoisotopic (exact) mass is 288 g/mol. The van der Waals surface area contributed by atoms with Gasteiger partial charge in [-0.05, 0) is 31.4 Å². The first-order valence-corrected chi connectivity index (χ1v) is 6.29. The molecule has 0 bridgehead atoms. The molecule has 0 radical (unpaired) electrons. The van der Waals surface area contributed by atoms with E-state index in [0.717, 1.165) is 30.0 Å². The van der Waals surface area contributed by atoms with Crippen LogP contribution in [0, 0.1) is 0 Å². The summed E-state index contributed by atoms with van der Waals surface area (Å²) in [6, 6.07) is 7.34. The number of halogens is 2. The third-order valence-electron chi connectivity index (χ3n) is 3.19. The Labute approximate surface area is 119 Å². The molecule has 1 heterocycles. The fourth-order valence-electron chi connectivity index (χ4n) is 2.36. The van der Waals surface area contributed by atoms with Crippen LogP contribution in [0.15, 0.2) is 24.3 Å². The van der Waals surface area contributed by atoms with Crippen LogP contribution in [0.2, 0.25) is 5.02 Å². The van der Waals surface area contributed by atoms with Gasteiger partial charge >= 0.3 is 0 Å². The first-order chi connectivity index (χ1) is 8.11. The average Bonchev–Trinajstić information content (AvgIpc) is 2.77. The molecule has 1 aliphatic heterocycles. The van der Waals surface area contributed by atoms with Crippen molar-refractivity contribution < 1.29 is 4.79 Å². The van der Waals surface area contributed by atoms with Crippen molar-refractivity contribution in [1.82, 2.24) is 4.90 Å². The predicted octanol–water partition coefficient (Wildman–Crippen LogP) is 2.77. The van der Waals surface area contributed by atoms with Gasteiger partial charge < -0.3 is 10.6 Å². The summed E-state index contributed by atoms with van der Waals surface area (Å²) in [5.41, 5.74) is 6.70. The molecule has 1 aromatic rings. The Kier molecular flexibility index (Phi) is 5.45. The van der Waals surface area contributed by atoms with Gasteiger partial charge in [0.25, 0.3) is 0 Å². The molecule has 1 aromatic carbocycles. The number of nitrogens with two attached hydrogens (primary N) is 1. The maximum absolute atomic E-state index is 12.0. The Balaban J connectivity index is 0.00000162. The van der Waals surface area contributed by atoms with E-state index in [0.29, 0.717) is 0 Å². The Morgan fingerprint density at radius 1 is 1.50 bits per heavy atom. The summed E-state index contributed by atoms with van der Waals surface area (Å²) >= 11 is 6.18. The lowest BCUT2D eigenvalue weighted by atomic mass is 10.0. The van der Waals surface area contributed by atoms with E-state index in [4.69, 9.17) is 17.3 Å². The Morgan fingerprint density at radius 3 is 2.78 bits per heavy atom. The predicted molar refractivity (Wildman–Crippen MR) is 76.0 cm³/mol. The number of carbonyl (C=O) groups is 1. The van der Waals surface area contributed by atoms with Crippen molar-refractivity contribution in [2.75, 3.05) is 6.54 Å². The zero-order valence-electron chi connectivity index (χ0n) is 10.3. The molecule has 5 heteroatoms. The molecule has 2 rings (SSSR count). The lowest BCUT2D eigenvalue weighted by Crippen LogP contribution is -2.41. The summed E-state index contributed by atoms with van der Waals surface area (Å²) in [6.07, 6.45) is 1.97. The molecule has 2 N–H and O–H groups in total. The fraction of sp³-hybridized carbons (Fsp3) is 0.462. The summed E-state index contributed by atoms with van der Waals surface area (Å²) in [6.45, 7) is 2.50. The summed E-state index contributed by atoms with van der Waals surface area (Å²) < 4.78 is 0. The van der Waals surface area contributed by atoms with Crippen molar-refractivity contribution in [2.45, 2.75) is 31.8 Å². The van der Waals surface area contributed by atoms with E-state index in [1.165, 1.54) is 0 Å². The van der Waals surface area contributed by atoms with Crippen molar-refractivity contribution in [3.8, 4) is 0 Å². The second-order valence-corrected chi connectivity index (χ2v) is 4.91. The minimum absolute atomic E-state index is 0. The topological polar surface area (TPSA) is 46.3 Å². The molecular weight excluding hydrogens is 271 g/mol. The third-order valence-corrected chi connectivity index (χ3v) is 3.53. The average molecular weight is 289 g/mol. The molecule has 1 fully saturated rings. The number of benzene rings is 1. The zero-order valence-corrected chi connectivity index (χ0v) is 11.9. The van der Waals surface area contributed by atoms with Crippen molar-refractivity contribution in [1.29, 1.82) is 0 Å². The fourth-order valence-corrected chi connectivity index (χ4v) is 2.62. The van der Waals surface area contributed by atoms with Crippen LogP contribution in [0.3, 0.4) is 0 Å². The Bertz CT molecular complexity index is 423. The number of likely N-dealkylation sites (tertiary alicyclic amines) is 1. The van der Waals surface area contributed by atoms with Gasteiger partial charge in [0.2, 0.25) is 5.91 Å². The molecule has 0 aliphatic carbocycles. The van der Waals surface area contributed by atoms with Gasteiger partial charge in [-0.3, -0.25) is 4.79 Å². The molecule has 18 heavy (non-hydrogen) atoms. The first kappa shape index (κ1) is 15.3. The van der Waals surface area contributed by atoms with Gasteiger partial charge in [0.15, 0.2) is 0 Å². The van der Waals surface area contributed by atoms with Gasteiger partial charge in [-0.15, -0.1) is 12.4 Å². The quantitative estimate of drug-likeness (QED) is 0.910. The van der Waals surface area contributed by atoms with Crippen LogP contribution in [0.1, 0.15) is 31.4 Å². The lowest BCUT2D eigenvalue weighted by molar-refractivity contribution is -0.133. The van der Waals surface area contributed by atoms with Crippen molar-refractivity contribution in [3.05, 3.63) is 34.9 Å². The second-order valence-electron chi connectivity index (χ2n) is 4.50. The van der Waals surface area contributed by atoms with Crippen LogP contribution >= 0.6 is 24.0 Å². The van der Waals surface area contributed by atoms with Gasteiger partial charge in [0.05, 0.1) is 12.1 Å². The van der Waals surface area contributed by atoms with Crippen LogP contribution in [0.4, 0.5) is 0 Å². The highest BCUT2D eigenvalue weighted by atomic mass is 35.5. The highest BCUT2D eigenvalue weighted by Crippen LogP contribution is 2.35. The molecule has 1 amide bonds. The Morgan fingerprint density at radius 2 is 2.17 bits per heavy atom. The van der Waals surface area contributed by atoms with Crippen molar-refractivity contribution in [3.63, 3.8) is 0 Å². The normalized spacial score (nSPS) is 20.4. The van der Waals surface area contributed by atoms with Crippen molar-refractivity contribution in [2.24, 2.45) is 5.73 Å². The standard InChI is InChI=1S/C13H17ClN2O.ClH/c1-9(15)13(17)16-8-4-7-12(16)10-5-2-3-6-11(10)14;/h2-3,5-6,9,12H,4,7-8,15H2,1H3;1H. The van der Waals surface area contributed by atoms with E-state index in [9.17, 15) is 4.79 Å². The molecule has 3 nitrogen and oxygen atoms in total. The molecule has 1 saturated heterocycles. The number of rotatable bonds is 2. The van der Waals surface area contributed by atoms with Gasteiger partial charge in [-0.1, -0.05) is 29.8 Å². The number of nitrogens with zero attached hydrogens (tertiary/aromatic N) is 1. The number of hydrogen-bond acceptors (Lipinski definition) is 2. The van der Waals surface area contributed by atoms with E-state index in [2.05, 4.69) is 0 Å². The SMILES string of the molecule is CC(N)C(=O)N1CCCC1c1ccccc1Cl.Cl. The summed E-state index contributed by atoms with van der Waals surface area (Å²) in [4.78, 5) is 13.9. The lowest BCUT2D eigenvalue weighted by Gasteiger charge is -2.27. The zero-order chi connectivity index (χ0) is 12.4. The van der Waals surface area contributed by atoms with E-state index in [1.54, 1.807) is 6.92 Å². The minimum Gasteiger partial charge on any atom is -0.334 e. The molecule has 1 aliphatic rings. The number of hydrogen-bond donors (Lipinski definition) is 1. The summed E-state index contributed by atoms with van der Waals surface area (Å²) in [5.74, 6) is 0.00687. The van der Waals surface area contributed by atoms with Gasteiger partial charge in [-0.25, -0.2) is 0 Å². The smallest absolute Gasteiger partial charge is 0.239 e. The minimum atomic E-state index is -0.446. The van der Waals surface area contributed by atoms with Gasteiger partial charge in [0, 0.05) is 11.6 Å². The number of carbonyl (C=O) groups excluding carboxylic acids is 1. The highest BCUT2D eigenvalue weighted by Gasteiger charge is 2.32.